The summed E-state index contributed by atoms with van der Waals surface area (Å²) in [6, 6.07) is 0. The third kappa shape index (κ3) is 4.82. The number of carbonyl (C=O) groups excluding carboxylic acids is 1. The number of esters is 1. The molecule has 0 radical (unpaired) electrons. The standard InChI is InChI=1S/C25H44O4/c1-8-9-12-25(7)21(17(3)14-18(4)24(25,5)6)15-29-23(28)19-11-10-16(2)13-20(19)22(26)27/h16-21H,8-15H2,1-7H3,(H,26,27). The first-order valence-corrected chi connectivity index (χ1v) is 11.8. The number of aliphatic carboxylic acids is 1. The van der Waals surface area contributed by atoms with Crippen molar-refractivity contribution in [3.05, 3.63) is 0 Å². The first-order chi connectivity index (χ1) is 13.5. The molecule has 2 aliphatic carbocycles. The Labute approximate surface area is 178 Å². The average Bonchev–Trinajstić information content (AvgIpc) is 2.64. The lowest BCUT2D eigenvalue weighted by atomic mass is 9.46. The van der Waals surface area contributed by atoms with Gasteiger partial charge in [-0.3, -0.25) is 9.59 Å². The normalized spacial score (nSPS) is 39.7. The summed E-state index contributed by atoms with van der Waals surface area (Å²) in [5.74, 6) is -0.433. The lowest BCUT2D eigenvalue weighted by molar-refractivity contribution is -0.169. The summed E-state index contributed by atoms with van der Waals surface area (Å²) < 4.78 is 5.91. The molecule has 0 spiro atoms. The van der Waals surface area contributed by atoms with E-state index in [-0.39, 0.29) is 16.8 Å². The number of rotatable bonds is 7. The van der Waals surface area contributed by atoms with Gasteiger partial charge in [-0.2, -0.15) is 0 Å². The predicted octanol–water partition coefficient (Wildman–Crippen LogP) is 6.18. The Morgan fingerprint density at radius 3 is 2.28 bits per heavy atom. The summed E-state index contributed by atoms with van der Waals surface area (Å²) >= 11 is 0. The van der Waals surface area contributed by atoms with Crippen LogP contribution in [0, 0.1) is 46.3 Å². The van der Waals surface area contributed by atoms with E-state index in [0.717, 1.165) is 19.3 Å². The van der Waals surface area contributed by atoms with E-state index >= 15 is 0 Å². The first-order valence-electron chi connectivity index (χ1n) is 11.8. The summed E-state index contributed by atoms with van der Waals surface area (Å²) in [5.41, 5.74) is 0.281. The van der Waals surface area contributed by atoms with Gasteiger partial charge in [-0.25, -0.2) is 0 Å². The summed E-state index contributed by atoms with van der Waals surface area (Å²) in [6.45, 7) is 16.6. The molecule has 2 rings (SSSR count). The van der Waals surface area contributed by atoms with Crippen LogP contribution in [0.4, 0.5) is 0 Å². The molecule has 29 heavy (non-hydrogen) atoms. The molecule has 7 atom stereocenters. The Bertz CT molecular complexity index is 583. The molecule has 0 aromatic carbocycles. The van der Waals surface area contributed by atoms with Crippen molar-refractivity contribution in [2.75, 3.05) is 6.61 Å². The van der Waals surface area contributed by atoms with Crippen molar-refractivity contribution >= 4 is 11.9 Å². The van der Waals surface area contributed by atoms with Gasteiger partial charge in [0, 0.05) is 5.92 Å². The van der Waals surface area contributed by atoms with Gasteiger partial charge in [-0.1, -0.05) is 61.3 Å². The molecule has 0 aromatic heterocycles. The monoisotopic (exact) mass is 408 g/mol. The van der Waals surface area contributed by atoms with Crippen LogP contribution in [-0.2, 0) is 14.3 Å². The molecular formula is C25H44O4. The molecule has 0 amide bonds. The minimum Gasteiger partial charge on any atom is -0.481 e. The van der Waals surface area contributed by atoms with Crippen molar-refractivity contribution in [2.24, 2.45) is 46.3 Å². The molecule has 0 heterocycles. The Kier molecular flexibility index (Phi) is 7.84. The molecular weight excluding hydrogens is 364 g/mol. The minimum absolute atomic E-state index is 0.105. The maximum atomic E-state index is 12.9. The second-order valence-electron chi connectivity index (χ2n) is 11.1. The van der Waals surface area contributed by atoms with E-state index in [1.807, 2.05) is 0 Å². The van der Waals surface area contributed by atoms with Gasteiger partial charge in [0.2, 0.25) is 0 Å². The average molecular weight is 409 g/mol. The van der Waals surface area contributed by atoms with Gasteiger partial charge in [0.05, 0.1) is 18.4 Å². The minimum atomic E-state index is -0.854. The Balaban J connectivity index is 2.15. The van der Waals surface area contributed by atoms with Crippen LogP contribution in [0.15, 0.2) is 0 Å². The van der Waals surface area contributed by atoms with Crippen molar-refractivity contribution in [3.63, 3.8) is 0 Å². The van der Waals surface area contributed by atoms with Crippen LogP contribution in [0.2, 0.25) is 0 Å². The van der Waals surface area contributed by atoms with Crippen molar-refractivity contribution < 1.29 is 19.4 Å². The molecule has 1 N–H and O–H groups in total. The highest BCUT2D eigenvalue weighted by molar-refractivity contribution is 5.81. The largest absolute Gasteiger partial charge is 0.481 e. The van der Waals surface area contributed by atoms with Gasteiger partial charge >= 0.3 is 11.9 Å². The smallest absolute Gasteiger partial charge is 0.309 e. The molecule has 7 unspecified atom stereocenters. The molecule has 0 saturated heterocycles. The second kappa shape index (κ2) is 9.39. The molecule has 0 aliphatic heterocycles. The van der Waals surface area contributed by atoms with Crippen LogP contribution in [0.1, 0.15) is 93.4 Å². The maximum Gasteiger partial charge on any atom is 0.309 e. The fourth-order valence-corrected chi connectivity index (χ4v) is 6.30. The summed E-state index contributed by atoms with van der Waals surface area (Å²) in [5, 5.41) is 9.60. The number of unbranched alkanes of at least 4 members (excludes halogenated alkanes) is 1. The van der Waals surface area contributed by atoms with Crippen LogP contribution in [0.25, 0.3) is 0 Å². The van der Waals surface area contributed by atoms with E-state index in [0.29, 0.717) is 43.1 Å². The highest BCUT2D eigenvalue weighted by Gasteiger charge is 2.54. The number of ether oxygens (including phenoxy) is 1. The van der Waals surface area contributed by atoms with Gasteiger partial charge < -0.3 is 9.84 Å². The summed E-state index contributed by atoms with van der Waals surface area (Å²) in [6.07, 6.45) is 6.76. The van der Waals surface area contributed by atoms with Gasteiger partial charge in [-0.05, 0) is 60.7 Å². The quantitative estimate of drug-likeness (QED) is 0.511. The Hall–Kier alpha value is -1.06. The van der Waals surface area contributed by atoms with Gasteiger partial charge in [0.25, 0.3) is 0 Å². The molecule has 2 aliphatic rings. The summed E-state index contributed by atoms with van der Waals surface area (Å²) in [4.78, 5) is 24.6. The van der Waals surface area contributed by atoms with E-state index in [2.05, 4.69) is 48.5 Å². The Morgan fingerprint density at radius 2 is 1.69 bits per heavy atom. The number of hydrogen-bond donors (Lipinski definition) is 1. The van der Waals surface area contributed by atoms with E-state index in [4.69, 9.17) is 4.74 Å². The number of carboxylic acids is 1. The van der Waals surface area contributed by atoms with Gasteiger partial charge in [0.1, 0.15) is 0 Å². The van der Waals surface area contributed by atoms with Crippen LogP contribution >= 0.6 is 0 Å². The molecule has 2 saturated carbocycles. The lowest BCUT2D eigenvalue weighted by Gasteiger charge is -2.59. The van der Waals surface area contributed by atoms with Crippen molar-refractivity contribution in [1.29, 1.82) is 0 Å². The van der Waals surface area contributed by atoms with E-state index in [1.165, 1.54) is 12.8 Å². The van der Waals surface area contributed by atoms with E-state index < -0.39 is 17.8 Å². The van der Waals surface area contributed by atoms with Gasteiger partial charge in [0.15, 0.2) is 0 Å². The molecule has 2 fully saturated rings. The number of hydrogen-bond acceptors (Lipinski definition) is 3. The fraction of sp³-hybridized carbons (Fsp3) is 0.920. The topological polar surface area (TPSA) is 63.6 Å². The maximum absolute atomic E-state index is 12.9. The van der Waals surface area contributed by atoms with Crippen LogP contribution in [0.3, 0.4) is 0 Å². The lowest BCUT2D eigenvalue weighted by Crippen LogP contribution is -2.53. The molecule has 0 bridgehead atoms. The third-order valence-electron chi connectivity index (χ3n) is 9.12. The highest BCUT2D eigenvalue weighted by atomic mass is 16.5. The third-order valence-corrected chi connectivity index (χ3v) is 9.12. The first kappa shape index (κ1) is 24.2. The highest BCUT2D eigenvalue weighted by Crippen LogP contribution is 2.60. The second-order valence-corrected chi connectivity index (χ2v) is 11.1. The van der Waals surface area contributed by atoms with Crippen molar-refractivity contribution in [1.82, 2.24) is 0 Å². The molecule has 0 aromatic rings. The van der Waals surface area contributed by atoms with Crippen LogP contribution in [0.5, 0.6) is 0 Å². The van der Waals surface area contributed by atoms with Crippen molar-refractivity contribution in [3.8, 4) is 0 Å². The van der Waals surface area contributed by atoms with Crippen LogP contribution < -0.4 is 0 Å². The zero-order valence-corrected chi connectivity index (χ0v) is 19.8. The van der Waals surface area contributed by atoms with E-state index in [9.17, 15) is 14.7 Å². The van der Waals surface area contributed by atoms with Crippen molar-refractivity contribution in [2.45, 2.75) is 93.4 Å². The number of carboxylic acid groups (broad SMARTS) is 1. The SMILES string of the molecule is CCCCC1(C)C(COC(=O)C2CCC(C)CC2C(=O)O)C(C)CC(C)C1(C)C. The summed E-state index contributed by atoms with van der Waals surface area (Å²) in [7, 11) is 0. The molecule has 4 heteroatoms. The predicted molar refractivity (Wildman–Crippen MR) is 116 cm³/mol. The molecule has 168 valence electrons. The van der Waals surface area contributed by atoms with E-state index in [1.54, 1.807) is 0 Å². The zero-order valence-electron chi connectivity index (χ0n) is 19.8. The Morgan fingerprint density at radius 1 is 1.03 bits per heavy atom. The zero-order chi connectivity index (χ0) is 22.0. The van der Waals surface area contributed by atoms with Gasteiger partial charge in [-0.15, -0.1) is 0 Å². The fourth-order valence-electron chi connectivity index (χ4n) is 6.30. The molecule has 4 nitrogen and oxygen atoms in total. The number of carbonyl (C=O) groups is 2. The van der Waals surface area contributed by atoms with Crippen LogP contribution in [-0.4, -0.2) is 23.7 Å².